The highest BCUT2D eigenvalue weighted by molar-refractivity contribution is 7.59. The molecule has 4 nitrogen and oxygen atoms in total. The topological polar surface area (TPSA) is 38.2 Å². The predicted octanol–water partition coefficient (Wildman–Crippen LogP) is 4.16. The van der Waals surface area contributed by atoms with Gasteiger partial charge in [0.2, 0.25) is 0 Å². The van der Waals surface area contributed by atoms with Crippen LogP contribution in [0.3, 0.4) is 0 Å². The molecule has 0 saturated carbocycles. The lowest BCUT2D eigenvalue weighted by Gasteiger charge is -2.26. The van der Waals surface area contributed by atoms with Crippen molar-refractivity contribution in [3.05, 3.63) is 52.6 Å². The summed E-state index contributed by atoms with van der Waals surface area (Å²) in [5, 5.41) is 0. The highest BCUT2D eigenvalue weighted by atomic mass is 32.1. The van der Waals surface area contributed by atoms with Crippen molar-refractivity contribution >= 4 is 13.5 Å². The molecule has 146 valence electrons. The summed E-state index contributed by atoms with van der Waals surface area (Å²) < 4.78 is 5.81. The monoisotopic (exact) mass is 385 g/mol. The van der Waals surface area contributed by atoms with Crippen molar-refractivity contribution in [3.63, 3.8) is 0 Å². The van der Waals surface area contributed by atoms with Gasteiger partial charge in [-0.3, -0.25) is 14.9 Å². The predicted molar refractivity (Wildman–Crippen MR) is 114 cm³/mol. The normalized spacial score (nSPS) is 20.5. The molecule has 2 atom stereocenters. The Bertz CT molecular complexity index is 775. The fourth-order valence-corrected chi connectivity index (χ4v) is 4.41. The number of hydrogen-bond acceptors (Lipinski definition) is 4. The largest absolute Gasteiger partial charge is 0.492 e. The van der Waals surface area contributed by atoms with Crippen LogP contribution in [0.5, 0.6) is 5.75 Å². The first-order valence-electron chi connectivity index (χ1n) is 9.88. The van der Waals surface area contributed by atoms with Gasteiger partial charge in [0, 0.05) is 30.2 Å². The zero-order valence-corrected chi connectivity index (χ0v) is 17.7. The molecule has 2 aliphatic heterocycles. The number of nitrogens with zero attached hydrogens (tertiary/aromatic N) is 3. The molecule has 0 bridgehead atoms. The van der Waals surface area contributed by atoms with E-state index in [2.05, 4.69) is 60.0 Å². The lowest BCUT2D eigenvalue weighted by molar-refractivity contribution is 0.248. The van der Waals surface area contributed by atoms with Gasteiger partial charge in [-0.2, -0.15) is 13.5 Å². The number of aromatic nitrogens is 2. The minimum Gasteiger partial charge on any atom is -0.492 e. The molecule has 1 fully saturated rings. The van der Waals surface area contributed by atoms with Gasteiger partial charge in [-0.25, -0.2) is 0 Å². The minimum atomic E-state index is 0. The van der Waals surface area contributed by atoms with Crippen LogP contribution in [0.25, 0.3) is 0 Å². The maximum absolute atomic E-state index is 5.81. The van der Waals surface area contributed by atoms with Gasteiger partial charge in [0.05, 0.1) is 12.3 Å². The van der Waals surface area contributed by atoms with Crippen molar-refractivity contribution < 1.29 is 4.74 Å². The highest BCUT2D eigenvalue weighted by Crippen LogP contribution is 2.32. The van der Waals surface area contributed by atoms with Crippen LogP contribution in [0, 0.1) is 19.8 Å². The second kappa shape index (κ2) is 8.61. The molecular weight excluding hydrogens is 354 g/mol. The maximum atomic E-state index is 5.81. The lowest BCUT2D eigenvalue weighted by Crippen LogP contribution is -2.25. The quantitative estimate of drug-likeness (QED) is 0.792. The van der Waals surface area contributed by atoms with Gasteiger partial charge in [-0.1, -0.05) is 0 Å². The summed E-state index contributed by atoms with van der Waals surface area (Å²) in [6.45, 7) is 9.61. The van der Waals surface area contributed by atoms with Gasteiger partial charge in [0.1, 0.15) is 5.75 Å². The second-order valence-corrected chi connectivity index (χ2v) is 7.95. The van der Waals surface area contributed by atoms with Crippen LogP contribution < -0.4 is 4.74 Å². The average molecular weight is 386 g/mol. The Hall–Kier alpha value is -1.59. The molecule has 0 N–H and O–H groups in total. The lowest BCUT2D eigenvalue weighted by atomic mass is 9.98. The van der Waals surface area contributed by atoms with E-state index in [1.54, 1.807) is 0 Å². The van der Waals surface area contributed by atoms with Crippen LogP contribution in [0.15, 0.2) is 24.4 Å². The Morgan fingerprint density at radius 1 is 1.22 bits per heavy atom. The number of rotatable bonds is 4. The molecular formula is C22H31N3OS. The fraction of sp³-hybridized carbons (Fsp3) is 0.545. The van der Waals surface area contributed by atoms with E-state index in [9.17, 15) is 0 Å². The molecule has 0 radical (unpaired) electrons. The molecule has 2 aliphatic rings. The fourth-order valence-electron chi connectivity index (χ4n) is 4.41. The van der Waals surface area contributed by atoms with Crippen molar-refractivity contribution in [2.45, 2.75) is 52.5 Å². The van der Waals surface area contributed by atoms with Crippen LogP contribution in [-0.2, 0) is 12.8 Å². The molecule has 2 aromatic rings. The molecule has 0 amide bonds. The zero-order chi connectivity index (χ0) is 18.1. The van der Waals surface area contributed by atoms with Crippen LogP contribution in [0.4, 0.5) is 0 Å². The average Bonchev–Trinajstić information content (AvgIpc) is 3.08. The molecule has 1 saturated heterocycles. The highest BCUT2D eigenvalue weighted by Gasteiger charge is 2.28. The summed E-state index contributed by atoms with van der Waals surface area (Å²) >= 11 is 0. The van der Waals surface area contributed by atoms with Crippen LogP contribution in [0.1, 0.15) is 54.0 Å². The van der Waals surface area contributed by atoms with Crippen LogP contribution in [-0.4, -0.2) is 34.6 Å². The third-order valence-electron chi connectivity index (χ3n) is 5.78. The Morgan fingerprint density at radius 3 is 2.78 bits per heavy atom. The third kappa shape index (κ3) is 4.64. The summed E-state index contributed by atoms with van der Waals surface area (Å²) in [6.07, 6.45) is 6.59. The summed E-state index contributed by atoms with van der Waals surface area (Å²) in [7, 11) is 0. The van der Waals surface area contributed by atoms with Gasteiger partial charge < -0.3 is 4.74 Å². The molecule has 2 aromatic heterocycles. The van der Waals surface area contributed by atoms with Gasteiger partial charge in [-0.15, -0.1) is 0 Å². The standard InChI is InChI=1S/C22H29N3O.H2S/c1-15-9-19(10-16(2)24-15)11-18-6-7-25(14-18)17(3)20-12-22-21(23-13-20)5-4-8-26-22;/h9-10,12-13,17-18H,4-8,11,14H2,1-3H3;1H2/t17?,18-;/m1./s1. The van der Waals surface area contributed by atoms with Crippen molar-refractivity contribution in [3.8, 4) is 5.75 Å². The third-order valence-corrected chi connectivity index (χ3v) is 5.78. The molecule has 27 heavy (non-hydrogen) atoms. The number of pyridine rings is 2. The summed E-state index contributed by atoms with van der Waals surface area (Å²) in [5.74, 6) is 1.72. The minimum absolute atomic E-state index is 0. The van der Waals surface area contributed by atoms with Gasteiger partial charge in [0.25, 0.3) is 0 Å². The van der Waals surface area contributed by atoms with E-state index in [1.807, 2.05) is 0 Å². The zero-order valence-electron chi connectivity index (χ0n) is 16.7. The number of aryl methyl sites for hydroxylation is 3. The Balaban J connectivity index is 0.00000210. The number of hydrogen-bond donors (Lipinski definition) is 0. The van der Waals surface area contributed by atoms with E-state index in [4.69, 9.17) is 4.74 Å². The molecule has 4 rings (SSSR count). The van der Waals surface area contributed by atoms with Crippen molar-refractivity contribution in [1.82, 2.24) is 14.9 Å². The molecule has 0 spiro atoms. The number of fused-ring (bicyclic) bond motifs is 1. The number of ether oxygens (including phenoxy) is 1. The summed E-state index contributed by atoms with van der Waals surface area (Å²) in [5.41, 5.74) is 6.09. The second-order valence-electron chi connectivity index (χ2n) is 7.95. The Morgan fingerprint density at radius 2 is 2.00 bits per heavy atom. The molecule has 5 heteroatoms. The van der Waals surface area contributed by atoms with Gasteiger partial charge in [-0.05, 0) is 88.2 Å². The first-order valence-corrected chi connectivity index (χ1v) is 9.88. The Labute approximate surface area is 169 Å². The van der Waals surface area contributed by atoms with E-state index in [0.29, 0.717) is 6.04 Å². The van der Waals surface area contributed by atoms with Crippen molar-refractivity contribution in [2.75, 3.05) is 19.7 Å². The van der Waals surface area contributed by atoms with E-state index >= 15 is 0 Å². The molecule has 4 heterocycles. The molecule has 0 aliphatic carbocycles. The van der Waals surface area contributed by atoms with Gasteiger partial charge in [0.15, 0.2) is 0 Å². The Kier molecular flexibility index (Phi) is 6.43. The summed E-state index contributed by atoms with van der Waals surface area (Å²) in [6, 6.07) is 7.09. The molecule has 1 unspecified atom stereocenters. The van der Waals surface area contributed by atoms with Crippen LogP contribution in [0.2, 0.25) is 0 Å². The van der Waals surface area contributed by atoms with E-state index in [0.717, 1.165) is 67.7 Å². The SMILES string of the molecule is Cc1cc(C[C@H]2CCN(C(C)c3cnc4c(c3)OCCC4)C2)cc(C)n1.S. The van der Waals surface area contributed by atoms with E-state index < -0.39 is 0 Å². The van der Waals surface area contributed by atoms with E-state index in [-0.39, 0.29) is 13.5 Å². The van der Waals surface area contributed by atoms with E-state index in [1.165, 1.54) is 17.5 Å². The van der Waals surface area contributed by atoms with Crippen LogP contribution >= 0.6 is 13.5 Å². The van der Waals surface area contributed by atoms with Crippen molar-refractivity contribution in [1.29, 1.82) is 0 Å². The smallest absolute Gasteiger partial charge is 0.141 e. The number of likely N-dealkylation sites (tertiary alicyclic amines) is 1. The summed E-state index contributed by atoms with van der Waals surface area (Å²) in [4.78, 5) is 11.8. The first-order chi connectivity index (χ1) is 12.6. The van der Waals surface area contributed by atoms with Gasteiger partial charge >= 0.3 is 0 Å². The first kappa shape index (κ1) is 20.2. The molecule has 0 aromatic carbocycles. The van der Waals surface area contributed by atoms with Crippen molar-refractivity contribution in [2.24, 2.45) is 5.92 Å². The maximum Gasteiger partial charge on any atom is 0.141 e.